The third-order valence-electron chi connectivity index (χ3n) is 6.10. The van der Waals surface area contributed by atoms with Crippen LogP contribution >= 0.6 is 0 Å². The lowest BCUT2D eigenvalue weighted by molar-refractivity contribution is -0.121. The largest absolute Gasteiger partial charge is 0.494 e. The molecule has 0 aliphatic carbocycles. The molecular formula is C26H34N8O3. The molecule has 11 heteroatoms. The highest BCUT2D eigenvalue weighted by molar-refractivity contribution is 5.78. The van der Waals surface area contributed by atoms with E-state index in [4.69, 9.17) is 9.72 Å². The number of benzene rings is 1. The van der Waals surface area contributed by atoms with E-state index in [1.807, 2.05) is 44.2 Å². The lowest BCUT2D eigenvalue weighted by atomic mass is 10.1. The van der Waals surface area contributed by atoms with Crippen LogP contribution in [0, 0.1) is 0 Å². The predicted octanol–water partition coefficient (Wildman–Crippen LogP) is 2.38. The summed E-state index contributed by atoms with van der Waals surface area (Å²) < 4.78 is 7.21. The summed E-state index contributed by atoms with van der Waals surface area (Å²) in [6.07, 6.45) is 7.87. The van der Waals surface area contributed by atoms with Gasteiger partial charge in [-0.1, -0.05) is 19.1 Å². The number of ether oxygens (including phenoxy) is 1. The number of nitrogens with zero attached hydrogens (tertiary/aromatic N) is 6. The fourth-order valence-electron chi connectivity index (χ4n) is 4.22. The molecule has 1 aromatic carbocycles. The van der Waals surface area contributed by atoms with Crippen molar-refractivity contribution in [3.8, 4) is 11.7 Å². The highest BCUT2D eigenvalue weighted by atomic mass is 16.5. The molecule has 0 spiro atoms. The summed E-state index contributed by atoms with van der Waals surface area (Å²) in [5, 5.41) is 5.95. The zero-order valence-electron chi connectivity index (χ0n) is 21.3. The monoisotopic (exact) mass is 506 g/mol. The van der Waals surface area contributed by atoms with Gasteiger partial charge in [-0.05, 0) is 37.1 Å². The first-order chi connectivity index (χ1) is 18.1. The Hall–Kier alpha value is -4.15. The number of hydrogen-bond acceptors (Lipinski definition) is 7. The van der Waals surface area contributed by atoms with Gasteiger partial charge in [-0.2, -0.15) is 4.98 Å². The fraction of sp³-hybridized carbons (Fsp3) is 0.423. The van der Waals surface area contributed by atoms with Crippen molar-refractivity contribution < 1.29 is 14.3 Å². The second-order valence-corrected chi connectivity index (χ2v) is 8.77. The molecule has 37 heavy (non-hydrogen) atoms. The molecule has 0 radical (unpaired) electrons. The average Bonchev–Trinajstić information content (AvgIpc) is 3.47. The number of hydrogen-bond donors (Lipinski definition) is 2. The van der Waals surface area contributed by atoms with Crippen molar-refractivity contribution in [2.75, 3.05) is 37.7 Å². The molecule has 11 nitrogen and oxygen atoms in total. The van der Waals surface area contributed by atoms with Crippen LogP contribution in [0.2, 0.25) is 0 Å². The standard InChI is InChI=1S/C26H34N8O3/c1-3-10-29-26(36)32-14-15-34(23-9-11-28-25(31-23)33-13-12-27-19-33)21(18-32)16-24(35)30-17-20-5-7-22(8-6-20)37-4-2/h5-9,11-13,19,21H,3-4,10,14-18H2,1-2H3,(H,29,36)(H,30,35). The smallest absolute Gasteiger partial charge is 0.317 e. The van der Waals surface area contributed by atoms with Crippen LogP contribution < -0.4 is 20.3 Å². The van der Waals surface area contributed by atoms with Crippen molar-refractivity contribution in [2.24, 2.45) is 0 Å². The summed E-state index contributed by atoms with van der Waals surface area (Å²) in [5.41, 5.74) is 0.985. The minimum Gasteiger partial charge on any atom is -0.494 e. The first kappa shape index (κ1) is 25.9. The van der Waals surface area contributed by atoms with Crippen LogP contribution in [0.4, 0.5) is 10.6 Å². The normalized spacial score (nSPS) is 15.4. The zero-order valence-corrected chi connectivity index (χ0v) is 21.3. The Balaban J connectivity index is 1.45. The molecule has 1 aliphatic heterocycles. The Kier molecular flexibility index (Phi) is 8.90. The van der Waals surface area contributed by atoms with Crippen LogP contribution in [-0.2, 0) is 11.3 Å². The van der Waals surface area contributed by atoms with Crippen LogP contribution in [0.5, 0.6) is 5.75 Å². The Labute approximate surface area is 216 Å². The lowest BCUT2D eigenvalue weighted by Crippen LogP contribution is -2.58. The third-order valence-corrected chi connectivity index (χ3v) is 6.10. The van der Waals surface area contributed by atoms with Crippen molar-refractivity contribution >= 4 is 17.8 Å². The van der Waals surface area contributed by atoms with Gasteiger partial charge >= 0.3 is 6.03 Å². The molecule has 0 bridgehead atoms. The number of amides is 3. The second kappa shape index (κ2) is 12.7. The van der Waals surface area contributed by atoms with Gasteiger partial charge < -0.3 is 25.2 Å². The molecule has 3 amide bonds. The summed E-state index contributed by atoms with van der Waals surface area (Å²) in [5.74, 6) is 1.91. The zero-order chi connectivity index (χ0) is 26.0. The molecule has 1 unspecified atom stereocenters. The van der Waals surface area contributed by atoms with Gasteiger partial charge in [-0.15, -0.1) is 0 Å². The number of imidazole rings is 1. The van der Waals surface area contributed by atoms with E-state index >= 15 is 0 Å². The molecule has 1 aliphatic rings. The first-order valence-corrected chi connectivity index (χ1v) is 12.7. The fourth-order valence-corrected chi connectivity index (χ4v) is 4.22. The van der Waals surface area contributed by atoms with E-state index < -0.39 is 0 Å². The van der Waals surface area contributed by atoms with Crippen molar-refractivity contribution in [1.29, 1.82) is 0 Å². The quantitative estimate of drug-likeness (QED) is 0.434. The SMILES string of the molecule is CCCNC(=O)N1CCN(c2ccnc(-n3ccnc3)n2)C(CC(=O)NCc2ccc(OCC)cc2)C1. The van der Waals surface area contributed by atoms with Crippen LogP contribution in [0.25, 0.3) is 5.95 Å². The highest BCUT2D eigenvalue weighted by Crippen LogP contribution is 2.22. The number of rotatable bonds is 10. The molecule has 196 valence electrons. The van der Waals surface area contributed by atoms with E-state index in [0.29, 0.717) is 51.1 Å². The van der Waals surface area contributed by atoms with Crippen LogP contribution in [0.3, 0.4) is 0 Å². The Morgan fingerprint density at radius 1 is 1.08 bits per heavy atom. The van der Waals surface area contributed by atoms with E-state index in [0.717, 1.165) is 17.7 Å². The van der Waals surface area contributed by atoms with Gasteiger partial charge in [-0.25, -0.2) is 14.8 Å². The average molecular weight is 507 g/mol. The molecule has 2 N–H and O–H groups in total. The van der Waals surface area contributed by atoms with Crippen molar-refractivity contribution in [2.45, 2.75) is 39.3 Å². The number of urea groups is 1. The number of carbonyl (C=O) groups is 2. The van der Waals surface area contributed by atoms with E-state index in [1.165, 1.54) is 0 Å². The van der Waals surface area contributed by atoms with Crippen molar-refractivity contribution in [1.82, 2.24) is 35.1 Å². The van der Waals surface area contributed by atoms with Gasteiger partial charge in [0, 0.05) is 57.7 Å². The number of piperazine rings is 1. The van der Waals surface area contributed by atoms with E-state index in [9.17, 15) is 9.59 Å². The number of carbonyl (C=O) groups excluding carboxylic acids is 2. The number of anilines is 1. The Bertz CT molecular complexity index is 1150. The van der Waals surface area contributed by atoms with E-state index in [-0.39, 0.29) is 24.4 Å². The summed E-state index contributed by atoms with van der Waals surface area (Å²) in [7, 11) is 0. The van der Waals surface area contributed by atoms with Crippen LogP contribution in [0.1, 0.15) is 32.3 Å². The van der Waals surface area contributed by atoms with Gasteiger partial charge in [0.15, 0.2) is 0 Å². The molecule has 1 fully saturated rings. The van der Waals surface area contributed by atoms with Crippen LogP contribution in [0.15, 0.2) is 55.2 Å². The number of nitrogens with one attached hydrogen (secondary N) is 2. The Morgan fingerprint density at radius 3 is 2.65 bits per heavy atom. The molecule has 0 saturated carbocycles. The van der Waals surface area contributed by atoms with Crippen molar-refractivity contribution in [3.63, 3.8) is 0 Å². The third kappa shape index (κ3) is 6.96. The topological polar surface area (TPSA) is 118 Å². The lowest BCUT2D eigenvalue weighted by Gasteiger charge is -2.41. The molecular weight excluding hydrogens is 472 g/mol. The minimum atomic E-state index is -0.244. The molecule has 1 saturated heterocycles. The minimum absolute atomic E-state index is 0.0939. The summed E-state index contributed by atoms with van der Waals surface area (Å²) in [6, 6.07) is 9.15. The van der Waals surface area contributed by atoms with Crippen LogP contribution in [-0.4, -0.2) is 75.2 Å². The molecule has 4 rings (SSSR count). The highest BCUT2D eigenvalue weighted by Gasteiger charge is 2.32. The number of aromatic nitrogens is 4. The summed E-state index contributed by atoms with van der Waals surface area (Å²) >= 11 is 0. The molecule has 2 aromatic heterocycles. The van der Waals surface area contributed by atoms with Gasteiger partial charge in [0.1, 0.15) is 17.9 Å². The maximum absolute atomic E-state index is 13.0. The second-order valence-electron chi connectivity index (χ2n) is 8.77. The van der Waals surface area contributed by atoms with E-state index in [2.05, 4.69) is 25.5 Å². The predicted molar refractivity (Wildman–Crippen MR) is 140 cm³/mol. The maximum atomic E-state index is 13.0. The maximum Gasteiger partial charge on any atom is 0.317 e. The van der Waals surface area contributed by atoms with Gasteiger partial charge in [-0.3, -0.25) is 9.36 Å². The molecule has 1 atom stereocenters. The van der Waals surface area contributed by atoms with Gasteiger partial charge in [0.25, 0.3) is 0 Å². The van der Waals surface area contributed by atoms with E-state index in [1.54, 1.807) is 34.4 Å². The Morgan fingerprint density at radius 2 is 1.92 bits per heavy atom. The summed E-state index contributed by atoms with van der Waals surface area (Å²) in [4.78, 5) is 42.7. The molecule has 3 aromatic rings. The van der Waals surface area contributed by atoms with Gasteiger partial charge in [0.05, 0.1) is 12.6 Å². The first-order valence-electron chi connectivity index (χ1n) is 12.7. The summed E-state index contributed by atoms with van der Waals surface area (Å²) in [6.45, 7) is 7.10. The van der Waals surface area contributed by atoms with Gasteiger partial charge in [0.2, 0.25) is 11.9 Å². The van der Waals surface area contributed by atoms with Crippen molar-refractivity contribution in [3.05, 3.63) is 60.8 Å². The molecule has 3 heterocycles.